The second kappa shape index (κ2) is 11.1. The number of carbonyl (C=O) groups excluding carboxylic acids is 2. The van der Waals surface area contributed by atoms with E-state index >= 15 is 0 Å². The molecule has 2 heterocycles. The van der Waals surface area contributed by atoms with Crippen molar-refractivity contribution >= 4 is 28.4 Å². The highest BCUT2D eigenvalue weighted by molar-refractivity contribution is 7.14. The highest BCUT2D eigenvalue weighted by atomic mass is 32.1. The van der Waals surface area contributed by atoms with Gasteiger partial charge in [0.25, 0.3) is 0 Å². The van der Waals surface area contributed by atoms with Crippen molar-refractivity contribution in [2.45, 2.75) is 45.2 Å². The normalized spacial score (nSPS) is 21.2. The first kappa shape index (κ1) is 26.3. The zero-order chi connectivity index (χ0) is 26.6. The fraction of sp³-hybridized carbons (Fsp3) is 0.321. The number of halogens is 1. The Kier molecular flexibility index (Phi) is 7.92. The Morgan fingerprint density at radius 3 is 2.51 bits per heavy atom. The van der Waals surface area contributed by atoms with Gasteiger partial charge in [0.05, 0.1) is 36.4 Å². The average molecular weight is 524 g/mol. The Labute approximate surface area is 219 Å². The smallest absolute Gasteiger partial charge is 0.336 e. The molecule has 0 saturated heterocycles. The van der Waals surface area contributed by atoms with Gasteiger partial charge in [-0.25, -0.2) is 19.0 Å². The summed E-state index contributed by atoms with van der Waals surface area (Å²) in [6, 6.07) is 15.0. The van der Waals surface area contributed by atoms with Crippen LogP contribution in [0.4, 0.5) is 9.52 Å². The number of ether oxygens (including phenoxy) is 2. The molecule has 1 aromatic heterocycles. The van der Waals surface area contributed by atoms with Crippen molar-refractivity contribution in [2.75, 3.05) is 18.5 Å². The summed E-state index contributed by atoms with van der Waals surface area (Å²) < 4.78 is 24.9. The maximum absolute atomic E-state index is 13.9. The lowest BCUT2D eigenvalue weighted by atomic mass is 9.68. The van der Waals surface area contributed by atoms with E-state index in [0.29, 0.717) is 27.7 Å². The van der Waals surface area contributed by atoms with Crippen molar-refractivity contribution < 1.29 is 23.5 Å². The topological polar surface area (TPSA) is 89.5 Å². The number of aromatic nitrogens is 1. The van der Waals surface area contributed by atoms with Crippen LogP contribution in [-0.2, 0) is 19.1 Å². The van der Waals surface area contributed by atoms with Gasteiger partial charge in [-0.05, 0) is 45.4 Å². The van der Waals surface area contributed by atoms with Crippen LogP contribution in [0.3, 0.4) is 0 Å². The number of rotatable bonds is 8. The van der Waals surface area contributed by atoms with Crippen molar-refractivity contribution in [3.63, 3.8) is 0 Å². The Hall–Kier alpha value is -3.72. The Morgan fingerprint density at radius 2 is 1.84 bits per heavy atom. The molecule has 0 fully saturated rings. The summed E-state index contributed by atoms with van der Waals surface area (Å²) in [5, 5.41) is 8.90. The zero-order valence-electron chi connectivity index (χ0n) is 21.2. The van der Waals surface area contributed by atoms with E-state index in [4.69, 9.17) is 9.47 Å². The molecule has 37 heavy (non-hydrogen) atoms. The molecule has 3 unspecified atom stereocenters. The molecular weight excluding hydrogens is 493 g/mol. The van der Waals surface area contributed by atoms with Crippen molar-refractivity contribution in [3.05, 3.63) is 82.6 Å². The van der Waals surface area contributed by atoms with E-state index in [-0.39, 0.29) is 19.0 Å². The highest BCUT2D eigenvalue weighted by Crippen LogP contribution is 2.45. The molecular formula is C28H30FN3O4S. The summed E-state index contributed by atoms with van der Waals surface area (Å²) in [6.45, 7) is 7.50. The Morgan fingerprint density at radius 1 is 1.11 bits per heavy atom. The Balaban J connectivity index is 1.89. The van der Waals surface area contributed by atoms with Gasteiger partial charge >= 0.3 is 11.9 Å². The van der Waals surface area contributed by atoms with Gasteiger partial charge in [-0.1, -0.05) is 42.5 Å². The number of allylic oxidation sites excluding steroid dienone is 1. The molecule has 0 bridgehead atoms. The maximum Gasteiger partial charge on any atom is 0.336 e. The minimum Gasteiger partial charge on any atom is -0.464 e. The van der Waals surface area contributed by atoms with Gasteiger partial charge in [0.15, 0.2) is 10.7 Å². The monoisotopic (exact) mass is 523 g/mol. The van der Waals surface area contributed by atoms with Gasteiger partial charge in [-0.3, -0.25) is 0 Å². The molecule has 0 amide bonds. The number of hydrogen-bond donors (Lipinski definition) is 2. The average Bonchev–Trinajstić information content (AvgIpc) is 3.34. The molecule has 3 atom stereocenters. The number of nitrogens with one attached hydrogen (secondary N) is 2. The van der Waals surface area contributed by atoms with Gasteiger partial charge in [-0.2, -0.15) is 0 Å². The molecule has 0 saturated carbocycles. The molecule has 0 aliphatic carbocycles. The highest BCUT2D eigenvalue weighted by Gasteiger charge is 2.58. The lowest BCUT2D eigenvalue weighted by Crippen LogP contribution is -2.66. The second-order valence-corrected chi connectivity index (χ2v) is 9.59. The van der Waals surface area contributed by atoms with Crippen LogP contribution >= 0.6 is 11.3 Å². The molecule has 0 spiro atoms. The standard InChI is InChI=1S/C28H30FN3O4S/c1-5-35-25(33)23-17(3)30-18(4)28(26(34)36-6-2,24(23)19-11-8-7-9-12-19)32-27-31-22(16-37-27)20-13-10-14-21(29)15-20/h7-16,18,24,30H,5-6H2,1-4H3,(H,31,32). The summed E-state index contributed by atoms with van der Waals surface area (Å²) in [6.07, 6.45) is 0. The predicted molar refractivity (Wildman–Crippen MR) is 142 cm³/mol. The molecule has 7 nitrogen and oxygen atoms in total. The van der Waals surface area contributed by atoms with Crippen LogP contribution in [0.1, 0.15) is 39.2 Å². The van der Waals surface area contributed by atoms with Gasteiger partial charge in [0.1, 0.15) is 5.82 Å². The van der Waals surface area contributed by atoms with E-state index in [9.17, 15) is 14.0 Å². The molecule has 3 aromatic rings. The van der Waals surface area contributed by atoms with E-state index in [1.807, 2.05) is 37.3 Å². The third-order valence-corrected chi connectivity index (χ3v) is 7.20. The third kappa shape index (κ3) is 5.09. The molecule has 0 radical (unpaired) electrons. The maximum atomic E-state index is 13.9. The molecule has 2 aromatic carbocycles. The lowest BCUT2D eigenvalue weighted by Gasteiger charge is -2.48. The molecule has 1 aliphatic rings. The van der Waals surface area contributed by atoms with E-state index in [1.54, 1.807) is 38.3 Å². The van der Waals surface area contributed by atoms with Crippen LogP contribution in [0.2, 0.25) is 0 Å². The van der Waals surface area contributed by atoms with Gasteiger partial charge in [-0.15, -0.1) is 11.3 Å². The van der Waals surface area contributed by atoms with Crippen molar-refractivity contribution in [3.8, 4) is 11.3 Å². The summed E-state index contributed by atoms with van der Waals surface area (Å²) >= 11 is 1.29. The van der Waals surface area contributed by atoms with Crippen LogP contribution in [0, 0.1) is 5.82 Å². The number of thiazole rings is 1. The minimum atomic E-state index is -1.45. The van der Waals surface area contributed by atoms with Crippen LogP contribution < -0.4 is 10.6 Å². The zero-order valence-corrected chi connectivity index (χ0v) is 22.0. The fourth-order valence-corrected chi connectivity index (χ4v) is 5.62. The second-order valence-electron chi connectivity index (χ2n) is 8.73. The number of hydrogen-bond acceptors (Lipinski definition) is 8. The number of nitrogens with zero attached hydrogens (tertiary/aromatic N) is 1. The summed E-state index contributed by atoms with van der Waals surface area (Å²) in [5.41, 5.74) is 1.45. The minimum absolute atomic E-state index is 0.153. The van der Waals surface area contributed by atoms with Gasteiger partial charge in [0, 0.05) is 16.6 Å². The third-order valence-electron chi connectivity index (χ3n) is 6.44. The fourth-order valence-electron chi connectivity index (χ4n) is 4.83. The first-order chi connectivity index (χ1) is 17.8. The summed E-state index contributed by atoms with van der Waals surface area (Å²) in [5.74, 6) is -2.15. The quantitative estimate of drug-likeness (QED) is 0.389. The SMILES string of the molecule is CCOC(=O)C1=C(C)NC(C)C(Nc2nc(-c3cccc(F)c3)cs2)(C(=O)OCC)C1c1ccccc1. The van der Waals surface area contributed by atoms with Crippen LogP contribution in [0.25, 0.3) is 11.3 Å². The van der Waals surface area contributed by atoms with Crippen LogP contribution in [0.5, 0.6) is 0 Å². The molecule has 1 aliphatic heterocycles. The van der Waals surface area contributed by atoms with E-state index in [1.165, 1.54) is 23.5 Å². The van der Waals surface area contributed by atoms with E-state index in [2.05, 4.69) is 15.6 Å². The molecule has 194 valence electrons. The molecule has 9 heteroatoms. The van der Waals surface area contributed by atoms with E-state index < -0.39 is 29.4 Å². The van der Waals surface area contributed by atoms with Crippen molar-refractivity contribution in [1.29, 1.82) is 0 Å². The number of carbonyl (C=O) groups is 2. The lowest BCUT2D eigenvalue weighted by molar-refractivity contribution is -0.151. The van der Waals surface area contributed by atoms with Crippen molar-refractivity contribution in [1.82, 2.24) is 10.3 Å². The van der Waals surface area contributed by atoms with E-state index in [0.717, 1.165) is 5.56 Å². The van der Waals surface area contributed by atoms with Crippen molar-refractivity contribution in [2.24, 2.45) is 0 Å². The number of anilines is 1. The predicted octanol–water partition coefficient (Wildman–Crippen LogP) is 5.28. The first-order valence-electron chi connectivity index (χ1n) is 12.2. The Bertz CT molecular complexity index is 1310. The molecule has 2 N–H and O–H groups in total. The summed E-state index contributed by atoms with van der Waals surface area (Å²) in [4.78, 5) is 31.9. The van der Waals surface area contributed by atoms with Crippen LogP contribution in [0.15, 0.2) is 71.2 Å². The van der Waals surface area contributed by atoms with Crippen LogP contribution in [-0.4, -0.2) is 41.7 Å². The van der Waals surface area contributed by atoms with Gasteiger partial charge < -0.3 is 20.1 Å². The first-order valence-corrected chi connectivity index (χ1v) is 13.1. The number of esters is 2. The summed E-state index contributed by atoms with van der Waals surface area (Å²) in [7, 11) is 0. The largest absolute Gasteiger partial charge is 0.464 e. The molecule has 4 rings (SSSR count). The number of benzene rings is 2. The van der Waals surface area contributed by atoms with Gasteiger partial charge in [0.2, 0.25) is 0 Å².